The first kappa shape index (κ1) is 18.3. The third-order valence-electron chi connectivity index (χ3n) is 2.90. The van der Waals surface area contributed by atoms with Crippen molar-refractivity contribution in [3.05, 3.63) is 29.8 Å². The molecule has 3 amide bonds. The number of esters is 1. The summed E-state index contributed by atoms with van der Waals surface area (Å²) in [4.78, 5) is 34.7. The number of hydrogen-bond donors (Lipinski definition) is 2. The fourth-order valence-electron chi connectivity index (χ4n) is 1.90. The van der Waals surface area contributed by atoms with Gasteiger partial charge in [0.05, 0.1) is 0 Å². The lowest BCUT2D eigenvalue weighted by Gasteiger charge is -2.20. The number of imide groups is 1. The van der Waals surface area contributed by atoms with Crippen LogP contribution < -0.4 is 20.1 Å². The van der Waals surface area contributed by atoms with Crippen LogP contribution in [0.25, 0.3) is 6.08 Å². The van der Waals surface area contributed by atoms with E-state index in [2.05, 4.69) is 10.6 Å². The van der Waals surface area contributed by atoms with E-state index in [-0.39, 0.29) is 6.79 Å². The Kier molecular flexibility index (Phi) is 5.63. The number of fused-ring (bicyclic) bond motifs is 1. The lowest BCUT2D eigenvalue weighted by molar-refractivity contribution is -0.143. The smallest absolute Gasteiger partial charge is 0.331 e. The zero-order valence-electron chi connectivity index (χ0n) is 14.3. The molecule has 0 fully saturated rings. The maximum absolute atomic E-state index is 11.6. The molecule has 1 aromatic rings. The van der Waals surface area contributed by atoms with Gasteiger partial charge in [-0.15, -0.1) is 0 Å². The molecule has 1 aromatic carbocycles. The Hall–Kier alpha value is -3.03. The third-order valence-corrected chi connectivity index (χ3v) is 2.90. The van der Waals surface area contributed by atoms with E-state index < -0.39 is 30.1 Å². The summed E-state index contributed by atoms with van der Waals surface area (Å²) >= 11 is 0. The van der Waals surface area contributed by atoms with Crippen molar-refractivity contribution >= 4 is 24.0 Å². The minimum atomic E-state index is -0.716. The molecule has 0 atom stereocenters. The number of benzene rings is 1. The molecule has 1 heterocycles. The van der Waals surface area contributed by atoms with E-state index in [9.17, 15) is 14.4 Å². The van der Waals surface area contributed by atoms with Crippen LogP contribution in [0, 0.1) is 0 Å². The van der Waals surface area contributed by atoms with E-state index in [1.54, 1.807) is 39.0 Å². The van der Waals surface area contributed by atoms with E-state index in [1.807, 2.05) is 0 Å². The lowest BCUT2D eigenvalue weighted by Crippen LogP contribution is -2.49. The number of hydrogen-bond acceptors (Lipinski definition) is 6. The van der Waals surface area contributed by atoms with E-state index in [1.165, 1.54) is 12.2 Å². The number of nitrogens with one attached hydrogen (secondary N) is 2. The highest BCUT2D eigenvalue weighted by molar-refractivity contribution is 5.96. The minimum absolute atomic E-state index is 0.169. The molecule has 0 aromatic heterocycles. The maximum atomic E-state index is 11.6. The molecule has 0 bridgehead atoms. The van der Waals surface area contributed by atoms with E-state index >= 15 is 0 Å². The zero-order chi connectivity index (χ0) is 18.4. The number of rotatable bonds is 4. The zero-order valence-corrected chi connectivity index (χ0v) is 14.3. The van der Waals surface area contributed by atoms with Crippen molar-refractivity contribution in [1.29, 1.82) is 0 Å². The molecule has 2 N–H and O–H groups in total. The van der Waals surface area contributed by atoms with E-state index in [0.717, 1.165) is 5.56 Å². The van der Waals surface area contributed by atoms with E-state index in [0.29, 0.717) is 11.5 Å². The molecular weight excluding hydrogens is 328 g/mol. The van der Waals surface area contributed by atoms with Gasteiger partial charge in [0.15, 0.2) is 18.1 Å². The van der Waals surface area contributed by atoms with Gasteiger partial charge in [0, 0.05) is 11.6 Å². The van der Waals surface area contributed by atoms with Gasteiger partial charge < -0.3 is 19.5 Å². The second kappa shape index (κ2) is 7.69. The topological polar surface area (TPSA) is 103 Å². The second-order valence-electron chi connectivity index (χ2n) is 6.31. The molecule has 8 nitrogen and oxygen atoms in total. The summed E-state index contributed by atoms with van der Waals surface area (Å²) < 4.78 is 15.2. The van der Waals surface area contributed by atoms with Crippen molar-refractivity contribution < 1.29 is 28.6 Å². The van der Waals surface area contributed by atoms with Gasteiger partial charge in [-0.3, -0.25) is 10.1 Å². The van der Waals surface area contributed by atoms with Gasteiger partial charge >= 0.3 is 12.0 Å². The van der Waals surface area contributed by atoms with Crippen LogP contribution in [-0.2, 0) is 14.3 Å². The molecule has 8 heteroatoms. The number of carbonyl (C=O) groups excluding carboxylic acids is 3. The highest BCUT2D eigenvalue weighted by atomic mass is 16.7. The predicted molar refractivity (Wildman–Crippen MR) is 89.0 cm³/mol. The van der Waals surface area contributed by atoms with Gasteiger partial charge in [-0.05, 0) is 44.5 Å². The van der Waals surface area contributed by atoms with Gasteiger partial charge in [0.2, 0.25) is 6.79 Å². The third kappa shape index (κ3) is 6.17. The molecule has 0 radical (unpaired) electrons. The molecule has 1 aliphatic rings. The fraction of sp³-hybridized carbons (Fsp3) is 0.353. The fourth-order valence-corrected chi connectivity index (χ4v) is 1.90. The summed E-state index contributed by atoms with van der Waals surface area (Å²) in [5.41, 5.74) is 0.240. The van der Waals surface area contributed by atoms with Crippen LogP contribution in [0.1, 0.15) is 26.3 Å². The first-order valence-electron chi connectivity index (χ1n) is 7.59. The first-order valence-corrected chi connectivity index (χ1v) is 7.59. The Morgan fingerprint density at radius 1 is 1.20 bits per heavy atom. The average Bonchev–Trinajstić information content (AvgIpc) is 2.96. The number of ether oxygens (including phenoxy) is 3. The number of amides is 3. The summed E-state index contributed by atoms with van der Waals surface area (Å²) in [7, 11) is 0. The summed E-state index contributed by atoms with van der Waals surface area (Å²) in [5.74, 6) is -0.180. The van der Waals surface area contributed by atoms with Crippen molar-refractivity contribution in [2.75, 3.05) is 13.4 Å². The molecule has 0 spiro atoms. The van der Waals surface area contributed by atoms with Crippen LogP contribution in [0.15, 0.2) is 24.3 Å². The van der Waals surface area contributed by atoms with Gasteiger partial charge in [0.25, 0.3) is 5.91 Å². The maximum Gasteiger partial charge on any atom is 0.331 e. The van der Waals surface area contributed by atoms with Crippen molar-refractivity contribution in [3.8, 4) is 11.5 Å². The van der Waals surface area contributed by atoms with Crippen molar-refractivity contribution in [2.24, 2.45) is 0 Å². The Labute approximate surface area is 145 Å². The Morgan fingerprint density at radius 3 is 2.64 bits per heavy atom. The highest BCUT2D eigenvalue weighted by Crippen LogP contribution is 2.32. The largest absolute Gasteiger partial charge is 0.454 e. The second-order valence-corrected chi connectivity index (χ2v) is 6.31. The quantitative estimate of drug-likeness (QED) is 0.633. The Morgan fingerprint density at radius 2 is 1.92 bits per heavy atom. The van der Waals surface area contributed by atoms with Gasteiger partial charge in [0.1, 0.15) is 0 Å². The Balaban J connectivity index is 1.76. The minimum Gasteiger partial charge on any atom is -0.454 e. The highest BCUT2D eigenvalue weighted by Gasteiger charge is 2.16. The van der Waals surface area contributed by atoms with Gasteiger partial charge in [-0.25, -0.2) is 9.59 Å². The molecular formula is C17H20N2O6. The lowest BCUT2D eigenvalue weighted by atomic mass is 10.1. The van der Waals surface area contributed by atoms with Crippen molar-refractivity contribution in [2.45, 2.75) is 26.3 Å². The van der Waals surface area contributed by atoms with Crippen LogP contribution in [0.2, 0.25) is 0 Å². The summed E-state index contributed by atoms with van der Waals surface area (Å²) in [6.45, 7) is 4.94. The molecule has 1 aliphatic heterocycles. The van der Waals surface area contributed by atoms with Crippen LogP contribution in [-0.4, -0.2) is 36.8 Å². The summed E-state index contributed by atoms with van der Waals surface area (Å²) in [6, 6.07) is 4.55. The standard InChI is InChI=1S/C17H20N2O6/c1-17(2,3)19-16(22)18-14(20)9-23-15(21)7-5-11-4-6-12-13(8-11)25-10-24-12/h4-8H,9-10H2,1-3H3,(H2,18,19,20,22). The monoisotopic (exact) mass is 348 g/mol. The average molecular weight is 348 g/mol. The SMILES string of the molecule is CC(C)(C)NC(=O)NC(=O)COC(=O)C=Cc1ccc2c(c1)OCO2. The van der Waals surface area contributed by atoms with Gasteiger partial charge in [-0.1, -0.05) is 6.07 Å². The Bertz CT molecular complexity index is 706. The van der Waals surface area contributed by atoms with Crippen molar-refractivity contribution in [3.63, 3.8) is 0 Å². The molecule has 25 heavy (non-hydrogen) atoms. The van der Waals surface area contributed by atoms with Crippen LogP contribution in [0.4, 0.5) is 4.79 Å². The molecule has 0 saturated carbocycles. The van der Waals surface area contributed by atoms with Crippen molar-refractivity contribution in [1.82, 2.24) is 10.6 Å². The van der Waals surface area contributed by atoms with Crippen LogP contribution in [0.5, 0.6) is 11.5 Å². The normalized spacial score (nSPS) is 12.8. The molecule has 0 aliphatic carbocycles. The first-order chi connectivity index (χ1) is 11.7. The van der Waals surface area contributed by atoms with E-state index in [4.69, 9.17) is 14.2 Å². The molecule has 0 unspecified atom stereocenters. The summed E-state index contributed by atoms with van der Waals surface area (Å²) in [5, 5.41) is 4.63. The number of carbonyl (C=O) groups is 3. The van der Waals surface area contributed by atoms with Crippen LogP contribution in [0.3, 0.4) is 0 Å². The predicted octanol–water partition coefficient (Wildman–Crippen LogP) is 1.60. The molecule has 134 valence electrons. The van der Waals surface area contributed by atoms with Crippen LogP contribution >= 0.6 is 0 Å². The number of urea groups is 1. The molecule has 0 saturated heterocycles. The van der Waals surface area contributed by atoms with Gasteiger partial charge in [-0.2, -0.15) is 0 Å². The summed E-state index contributed by atoms with van der Waals surface area (Å²) in [6.07, 6.45) is 2.70. The molecule has 2 rings (SSSR count).